The Balaban J connectivity index is 3.84. The van der Waals surface area contributed by atoms with Gasteiger partial charge in [-0.2, -0.15) is 0 Å². The lowest BCUT2D eigenvalue weighted by atomic mass is 9.85. The summed E-state index contributed by atoms with van der Waals surface area (Å²) in [7, 11) is 0. The molecule has 0 aliphatic rings. The second kappa shape index (κ2) is 5.35. The first-order chi connectivity index (χ1) is 5.89. The molecule has 0 fully saturated rings. The highest BCUT2D eigenvalue weighted by Crippen LogP contribution is 2.17. The van der Waals surface area contributed by atoms with Crippen LogP contribution in [-0.4, -0.2) is 25.0 Å². The first-order valence-corrected chi connectivity index (χ1v) is 4.75. The van der Waals surface area contributed by atoms with Crippen LogP contribution < -0.4 is 5.73 Å². The molecular formula is C10H21NO2. The summed E-state index contributed by atoms with van der Waals surface area (Å²) < 4.78 is 5.13. The maximum Gasteiger partial charge on any atom is 0.175 e. The molecule has 1 unspecified atom stereocenters. The van der Waals surface area contributed by atoms with Crippen molar-refractivity contribution in [1.82, 2.24) is 0 Å². The summed E-state index contributed by atoms with van der Waals surface area (Å²) in [5.74, 6) is -0.0130. The highest BCUT2D eigenvalue weighted by atomic mass is 16.5. The van der Waals surface area contributed by atoms with Crippen molar-refractivity contribution in [2.75, 3.05) is 13.2 Å². The first-order valence-electron chi connectivity index (χ1n) is 4.75. The number of ether oxygens (including phenoxy) is 1. The Labute approximate surface area is 80.6 Å². The van der Waals surface area contributed by atoms with E-state index in [1.54, 1.807) is 0 Å². The predicted octanol–water partition coefficient (Wildman–Crippen LogP) is 1.36. The minimum Gasteiger partial charge on any atom is -0.374 e. The number of hydrogen-bond donors (Lipinski definition) is 1. The molecule has 0 bridgehead atoms. The Bertz CT molecular complexity index is 161. The van der Waals surface area contributed by atoms with Crippen LogP contribution in [0.4, 0.5) is 0 Å². The summed E-state index contributed by atoms with van der Waals surface area (Å²) in [6.45, 7) is 8.64. The third-order valence-electron chi connectivity index (χ3n) is 1.87. The van der Waals surface area contributed by atoms with Gasteiger partial charge in [0.15, 0.2) is 5.78 Å². The SMILES string of the molecule is CCCOCC(=O)C(N)C(C)(C)C. The van der Waals surface area contributed by atoms with E-state index >= 15 is 0 Å². The Morgan fingerprint density at radius 1 is 1.46 bits per heavy atom. The fourth-order valence-electron chi connectivity index (χ4n) is 0.890. The highest BCUT2D eigenvalue weighted by molar-refractivity contribution is 5.85. The fraction of sp³-hybridized carbons (Fsp3) is 0.900. The van der Waals surface area contributed by atoms with Crippen LogP contribution in [0.25, 0.3) is 0 Å². The van der Waals surface area contributed by atoms with Gasteiger partial charge in [-0.05, 0) is 11.8 Å². The number of carbonyl (C=O) groups excluding carboxylic acids is 1. The van der Waals surface area contributed by atoms with Gasteiger partial charge in [0.2, 0.25) is 0 Å². The average molecular weight is 187 g/mol. The Kier molecular flexibility index (Phi) is 5.18. The van der Waals surface area contributed by atoms with Crippen LogP contribution in [0.2, 0.25) is 0 Å². The second-order valence-electron chi connectivity index (χ2n) is 4.36. The highest BCUT2D eigenvalue weighted by Gasteiger charge is 2.26. The van der Waals surface area contributed by atoms with Crippen LogP contribution in [0.1, 0.15) is 34.1 Å². The molecule has 3 nitrogen and oxygen atoms in total. The molecule has 0 aliphatic heterocycles. The van der Waals surface area contributed by atoms with Crippen LogP contribution >= 0.6 is 0 Å². The molecule has 0 rings (SSSR count). The molecule has 13 heavy (non-hydrogen) atoms. The summed E-state index contributed by atoms with van der Waals surface area (Å²) in [4.78, 5) is 11.4. The van der Waals surface area contributed by atoms with Crippen molar-refractivity contribution in [3.05, 3.63) is 0 Å². The van der Waals surface area contributed by atoms with Gasteiger partial charge in [-0.1, -0.05) is 27.7 Å². The molecule has 0 radical (unpaired) electrons. The van der Waals surface area contributed by atoms with Gasteiger partial charge in [0.25, 0.3) is 0 Å². The third-order valence-corrected chi connectivity index (χ3v) is 1.87. The van der Waals surface area contributed by atoms with Crippen molar-refractivity contribution in [2.45, 2.75) is 40.2 Å². The molecule has 0 aromatic carbocycles. The lowest BCUT2D eigenvalue weighted by molar-refractivity contribution is -0.127. The van der Waals surface area contributed by atoms with Crippen molar-refractivity contribution in [3.63, 3.8) is 0 Å². The molecule has 0 aliphatic carbocycles. The van der Waals surface area contributed by atoms with Gasteiger partial charge in [0.1, 0.15) is 6.61 Å². The molecule has 3 heteroatoms. The molecule has 1 atom stereocenters. The van der Waals surface area contributed by atoms with Gasteiger partial charge >= 0.3 is 0 Å². The van der Waals surface area contributed by atoms with E-state index in [1.165, 1.54) is 0 Å². The zero-order valence-electron chi connectivity index (χ0n) is 9.09. The first kappa shape index (κ1) is 12.6. The van der Waals surface area contributed by atoms with E-state index in [0.29, 0.717) is 6.61 Å². The normalized spacial score (nSPS) is 14.2. The average Bonchev–Trinajstić information content (AvgIpc) is 2.01. The Morgan fingerprint density at radius 2 is 2.00 bits per heavy atom. The topological polar surface area (TPSA) is 52.3 Å². The smallest absolute Gasteiger partial charge is 0.175 e. The van der Waals surface area contributed by atoms with Crippen LogP contribution in [-0.2, 0) is 9.53 Å². The van der Waals surface area contributed by atoms with Gasteiger partial charge in [-0.3, -0.25) is 4.79 Å². The molecule has 2 N–H and O–H groups in total. The zero-order chi connectivity index (χ0) is 10.5. The molecule has 0 spiro atoms. The van der Waals surface area contributed by atoms with E-state index in [9.17, 15) is 4.79 Å². The standard InChI is InChI=1S/C10H21NO2/c1-5-6-13-7-8(12)9(11)10(2,3)4/h9H,5-7,11H2,1-4H3. The predicted molar refractivity (Wildman–Crippen MR) is 53.5 cm³/mol. The molecule has 0 heterocycles. The molecular weight excluding hydrogens is 166 g/mol. The van der Waals surface area contributed by atoms with E-state index in [1.807, 2.05) is 27.7 Å². The molecule has 0 saturated carbocycles. The van der Waals surface area contributed by atoms with Crippen LogP contribution in [0.15, 0.2) is 0 Å². The quantitative estimate of drug-likeness (QED) is 0.661. The Hall–Kier alpha value is -0.410. The minimum absolute atomic E-state index is 0.0130. The number of hydrogen-bond acceptors (Lipinski definition) is 3. The van der Waals surface area contributed by atoms with Crippen molar-refractivity contribution >= 4 is 5.78 Å². The van der Waals surface area contributed by atoms with E-state index in [0.717, 1.165) is 6.42 Å². The lowest BCUT2D eigenvalue weighted by Crippen LogP contribution is -2.44. The maximum atomic E-state index is 11.4. The van der Waals surface area contributed by atoms with E-state index in [-0.39, 0.29) is 17.8 Å². The largest absolute Gasteiger partial charge is 0.374 e. The van der Waals surface area contributed by atoms with Crippen LogP contribution in [0, 0.1) is 5.41 Å². The van der Waals surface area contributed by atoms with Gasteiger partial charge in [0, 0.05) is 6.61 Å². The summed E-state index contributed by atoms with van der Waals surface area (Å²) >= 11 is 0. The summed E-state index contributed by atoms with van der Waals surface area (Å²) in [6, 6.07) is -0.427. The van der Waals surface area contributed by atoms with E-state index < -0.39 is 6.04 Å². The zero-order valence-corrected chi connectivity index (χ0v) is 9.09. The molecule has 0 amide bonds. The molecule has 0 saturated heterocycles. The number of rotatable bonds is 5. The van der Waals surface area contributed by atoms with Gasteiger partial charge < -0.3 is 10.5 Å². The number of Topliss-reactive ketones (excluding diaryl/α,β-unsaturated/α-hetero) is 1. The van der Waals surface area contributed by atoms with E-state index in [4.69, 9.17) is 10.5 Å². The van der Waals surface area contributed by atoms with Gasteiger partial charge in [-0.15, -0.1) is 0 Å². The number of nitrogens with two attached hydrogens (primary N) is 1. The second-order valence-corrected chi connectivity index (χ2v) is 4.36. The maximum absolute atomic E-state index is 11.4. The fourth-order valence-corrected chi connectivity index (χ4v) is 0.890. The molecule has 78 valence electrons. The summed E-state index contributed by atoms with van der Waals surface area (Å²) in [5, 5.41) is 0. The lowest BCUT2D eigenvalue weighted by Gasteiger charge is -2.25. The summed E-state index contributed by atoms with van der Waals surface area (Å²) in [6.07, 6.45) is 0.929. The van der Waals surface area contributed by atoms with Crippen LogP contribution in [0.5, 0.6) is 0 Å². The molecule has 0 aromatic heterocycles. The molecule has 0 aromatic rings. The van der Waals surface area contributed by atoms with Gasteiger partial charge in [-0.25, -0.2) is 0 Å². The van der Waals surface area contributed by atoms with Crippen molar-refractivity contribution < 1.29 is 9.53 Å². The van der Waals surface area contributed by atoms with Gasteiger partial charge in [0.05, 0.1) is 6.04 Å². The number of carbonyl (C=O) groups is 1. The third kappa shape index (κ3) is 5.01. The Morgan fingerprint density at radius 3 is 2.38 bits per heavy atom. The van der Waals surface area contributed by atoms with Crippen molar-refractivity contribution in [1.29, 1.82) is 0 Å². The van der Waals surface area contributed by atoms with Crippen LogP contribution in [0.3, 0.4) is 0 Å². The summed E-state index contributed by atoms with van der Waals surface area (Å²) in [5.41, 5.74) is 5.57. The van der Waals surface area contributed by atoms with Crippen molar-refractivity contribution in [3.8, 4) is 0 Å². The number of ketones is 1. The van der Waals surface area contributed by atoms with E-state index in [2.05, 4.69) is 0 Å². The van der Waals surface area contributed by atoms with Crippen molar-refractivity contribution in [2.24, 2.45) is 11.1 Å². The minimum atomic E-state index is -0.427. The monoisotopic (exact) mass is 187 g/mol.